The largest absolute Gasteiger partial charge is 0.497 e. The van der Waals surface area contributed by atoms with E-state index in [2.05, 4.69) is 70.4 Å². The molecule has 1 aliphatic heterocycles. The first-order valence-electron chi connectivity index (χ1n) is 12.3. The SMILES string of the molecule is COc1cccc(CC2C=Nc3ccc(-c4ccc5ccn(Cc6cccc(C(=O)O)c6)c5c4)cc32)c1. The van der Waals surface area contributed by atoms with Crippen LogP contribution in [0.5, 0.6) is 5.75 Å². The Hall–Kier alpha value is -4.64. The number of rotatable bonds is 7. The Morgan fingerprint density at radius 2 is 1.73 bits per heavy atom. The molecule has 5 aromatic rings. The fourth-order valence-electron chi connectivity index (χ4n) is 5.12. The van der Waals surface area contributed by atoms with Crippen molar-refractivity contribution in [2.45, 2.75) is 18.9 Å². The van der Waals surface area contributed by atoms with Crippen LogP contribution in [-0.4, -0.2) is 29.0 Å². The lowest BCUT2D eigenvalue weighted by Crippen LogP contribution is -2.02. The van der Waals surface area contributed by atoms with Crippen LogP contribution in [0.1, 0.15) is 33.0 Å². The maximum Gasteiger partial charge on any atom is 0.335 e. The number of ether oxygens (including phenoxy) is 1. The molecular formula is C32H26N2O3. The summed E-state index contributed by atoms with van der Waals surface area (Å²) in [6.07, 6.45) is 4.98. The Morgan fingerprint density at radius 1 is 0.919 bits per heavy atom. The Kier molecular flexibility index (Phi) is 5.81. The Bertz CT molecular complexity index is 1660. The normalized spacial score (nSPS) is 14.1. The zero-order chi connectivity index (χ0) is 25.4. The second kappa shape index (κ2) is 9.43. The van der Waals surface area contributed by atoms with E-state index in [9.17, 15) is 9.90 Å². The van der Waals surface area contributed by atoms with Crippen molar-refractivity contribution in [3.8, 4) is 16.9 Å². The number of carbonyl (C=O) groups is 1. The van der Waals surface area contributed by atoms with Crippen molar-refractivity contribution >= 4 is 28.8 Å². The molecule has 182 valence electrons. The van der Waals surface area contributed by atoms with Gasteiger partial charge in [0.1, 0.15) is 5.75 Å². The molecule has 37 heavy (non-hydrogen) atoms. The number of carboxylic acid groups (broad SMARTS) is 1. The summed E-state index contributed by atoms with van der Waals surface area (Å²) in [7, 11) is 1.69. The lowest BCUT2D eigenvalue weighted by molar-refractivity contribution is 0.0696. The molecular weight excluding hydrogens is 460 g/mol. The molecule has 0 saturated heterocycles. The number of aliphatic imine (C=N–C) groups is 1. The number of aromatic nitrogens is 1. The molecule has 6 rings (SSSR count). The van der Waals surface area contributed by atoms with Crippen LogP contribution in [0, 0.1) is 0 Å². The molecule has 1 unspecified atom stereocenters. The molecule has 0 bridgehead atoms. The summed E-state index contributed by atoms with van der Waals surface area (Å²) in [5.41, 5.74) is 8.16. The van der Waals surface area contributed by atoms with Crippen molar-refractivity contribution in [2.24, 2.45) is 4.99 Å². The summed E-state index contributed by atoms with van der Waals surface area (Å²) < 4.78 is 7.56. The van der Waals surface area contributed by atoms with Gasteiger partial charge < -0.3 is 14.4 Å². The van der Waals surface area contributed by atoms with Crippen LogP contribution in [0.4, 0.5) is 5.69 Å². The van der Waals surface area contributed by atoms with E-state index in [0.717, 1.165) is 45.5 Å². The van der Waals surface area contributed by atoms with Gasteiger partial charge >= 0.3 is 5.97 Å². The molecule has 1 aliphatic rings. The van der Waals surface area contributed by atoms with Crippen molar-refractivity contribution in [1.29, 1.82) is 0 Å². The molecule has 1 atom stereocenters. The predicted octanol–water partition coefficient (Wildman–Crippen LogP) is 7.11. The number of nitrogens with zero attached hydrogens (tertiary/aromatic N) is 2. The third-order valence-electron chi connectivity index (χ3n) is 7.04. The molecule has 5 heteroatoms. The lowest BCUT2D eigenvalue weighted by Gasteiger charge is -2.13. The fraction of sp³-hybridized carbons (Fsp3) is 0.125. The van der Waals surface area contributed by atoms with Crippen molar-refractivity contribution in [3.63, 3.8) is 0 Å². The van der Waals surface area contributed by atoms with E-state index in [1.165, 1.54) is 11.1 Å². The minimum absolute atomic E-state index is 0.219. The fourth-order valence-corrected chi connectivity index (χ4v) is 5.12. The zero-order valence-corrected chi connectivity index (χ0v) is 20.5. The topological polar surface area (TPSA) is 63.8 Å². The van der Waals surface area contributed by atoms with Gasteiger partial charge in [0.15, 0.2) is 0 Å². The van der Waals surface area contributed by atoms with Gasteiger partial charge in [-0.2, -0.15) is 0 Å². The minimum atomic E-state index is -0.910. The van der Waals surface area contributed by atoms with Gasteiger partial charge in [-0.05, 0) is 88.2 Å². The monoisotopic (exact) mass is 486 g/mol. The summed E-state index contributed by atoms with van der Waals surface area (Å²) in [6, 6.07) is 30.4. The molecule has 1 N–H and O–H groups in total. The van der Waals surface area contributed by atoms with Crippen molar-refractivity contribution in [2.75, 3.05) is 7.11 Å². The van der Waals surface area contributed by atoms with Crippen LogP contribution in [0.15, 0.2) is 102 Å². The molecule has 0 fully saturated rings. The summed E-state index contributed by atoms with van der Waals surface area (Å²) in [5.74, 6) is 0.176. The Morgan fingerprint density at radius 3 is 2.59 bits per heavy atom. The van der Waals surface area contributed by atoms with E-state index in [1.54, 1.807) is 25.3 Å². The number of benzene rings is 4. The van der Waals surface area contributed by atoms with E-state index in [-0.39, 0.29) is 5.92 Å². The number of aromatic carboxylic acids is 1. The average Bonchev–Trinajstić information content (AvgIpc) is 3.52. The van der Waals surface area contributed by atoms with Gasteiger partial charge in [-0.15, -0.1) is 0 Å². The summed E-state index contributed by atoms with van der Waals surface area (Å²) in [5, 5.41) is 10.5. The second-order valence-corrected chi connectivity index (χ2v) is 9.44. The van der Waals surface area contributed by atoms with Crippen molar-refractivity contribution in [3.05, 3.63) is 119 Å². The van der Waals surface area contributed by atoms with E-state index >= 15 is 0 Å². The number of hydrogen-bond donors (Lipinski definition) is 1. The third-order valence-corrected chi connectivity index (χ3v) is 7.04. The van der Waals surface area contributed by atoms with Crippen LogP contribution >= 0.6 is 0 Å². The van der Waals surface area contributed by atoms with Crippen LogP contribution in [-0.2, 0) is 13.0 Å². The number of carboxylic acids is 1. The number of hydrogen-bond acceptors (Lipinski definition) is 3. The van der Waals surface area contributed by atoms with Gasteiger partial charge in [0.25, 0.3) is 0 Å². The molecule has 0 amide bonds. The van der Waals surface area contributed by atoms with Crippen molar-refractivity contribution in [1.82, 2.24) is 4.57 Å². The van der Waals surface area contributed by atoms with Crippen molar-refractivity contribution < 1.29 is 14.6 Å². The van der Waals surface area contributed by atoms with Crippen LogP contribution in [0.25, 0.3) is 22.0 Å². The molecule has 0 aliphatic carbocycles. The minimum Gasteiger partial charge on any atom is -0.497 e. The quantitative estimate of drug-likeness (QED) is 0.267. The molecule has 0 saturated carbocycles. The van der Waals surface area contributed by atoms with Gasteiger partial charge in [0.05, 0.1) is 18.4 Å². The summed E-state index contributed by atoms with van der Waals surface area (Å²) in [6.45, 7) is 0.606. The molecule has 0 spiro atoms. The first kappa shape index (κ1) is 22.8. The first-order valence-corrected chi connectivity index (χ1v) is 12.3. The van der Waals surface area contributed by atoms with Crippen LogP contribution in [0.2, 0.25) is 0 Å². The molecule has 2 heterocycles. The Balaban J connectivity index is 1.30. The van der Waals surface area contributed by atoms with E-state index in [1.807, 2.05) is 24.4 Å². The first-order chi connectivity index (χ1) is 18.1. The van der Waals surface area contributed by atoms with Gasteiger partial charge in [0.2, 0.25) is 0 Å². The smallest absolute Gasteiger partial charge is 0.335 e. The molecule has 1 aromatic heterocycles. The van der Waals surface area contributed by atoms with Gasteiger partial charge in [-0.3, -0.25) is 4.99 Å². The maximum absolute atomic E-state index is 11.4. The van der Waals surface area contributed by atoms with Gasteiger partial charge in [-0.25, -0.2) is 4.79 Å². The number of methoxy groups -OCH3 is 1. The van der Waals surface area contributed by atoms with E-state index < -0.39 is 5.97 Å². The molecule has 0 radical (unpaired) electrons. The third kappa shape index (κ3) is 4.52. The highest BCUT2D eigenvalue weighted by Gasteiger charge is 2.20. The average molecular weight is 487 g/mol. The standard InChI is InChI=1S/C32H26N2O3/c1-37-28-7-3-4-21(16-28)14-27-19-33-30-11-10-24(17-29(27)30)25-9-8-23-12-13-34(31(23)18-25)20-22-5-2-6-26(15-22)32(35)36/h2-13,15-19,27H,14,20H2,1H3,(H,35,36). The number of fused-ring (bicyclic) bond motifs is 2. The lowest BCUT2D eigenvalue weighted by atomic mass is 9.91. The zero-order valence-electron chi connectivity index (χ0n) is 20.5. The van der Waals surface area contributed by atoms with Gasteiger partial charge in [0, 0.05) is 30.4 Å². The molecule has 4 aromatic carbocycles. The van der Waals surface area contributed by atoms with Crippen LogP contribution in [0.3, 0.4) is 0 Å². The summed E-state index contributed by atoms with van der Waals surface area (Å²) in [4.78, 5) is 16.1. The van der Waals surface area contributed by atoms with E-state index in [4.69, 9.17) is 4.74 Å². The maximum atomic E-state index is 11.4. The molecule has 5 nitrogen and oxygen atoms in total. The van der Waals surface area contributed by atoms with Gasteiger partial charge in [-0.1, -0.05) is 42.5 Å². The predicted molar refractivity (Wildman–Crippen MR) is 147 cm³/mol. The second-order valence-electron chi connectivity index (χ2n) is 9.44. The van der Waals surface area contributed by atoms with Crippen LogP contribution < -0.4 is 4.74 Å². The highest BCUT2D eigenvalue weighted by molar-refractivity contribution is 5.89. The Labute approximate surface area is 215 Å². The summed E-state index contributed by atoms with van der Waals surface area (Å²) >= 11 is 0. The van der Waals surface area contributed by atoms with E-state index in [0.29, 0.717) is 12.1 Å². The highest BCUT2D eigenvalue weighted by Crippen LogP contribution is 2.38. The highest BCUT2D eigenvalue weighted by atomic mass is 16.5.